The van der Waals surface area contributed by atoms with Gasteiger partial charge in [0.2, 0.25) is 0 Å². The van der Waals surface area contributed by atoms with Gasteiger partial charge in [0.1, 0.15) is 17.3 Å². The molecule has 7 heteroatoms. The number of carboxylic acids is 1. The van der Waals surface area contributed by atoms with Crippen LogP contribution in [0, 0.1) is 25.5 Å². The highest BCUT2D eigenvalue weighted by atomic mass is 19.1. The van der Waals surface area contributed by atoms with Gasteiger partial charge in [0.05, 0.1) is 0 Å². The van der Waals surface area contributed by atoms with Gasteiger partial charge in [0, 0.05) is 6.08 Å². The van der Waals surface area contributed by atoms with Crippen molar-refractivity contribution in [3.8, 4) is 5.69 Å². The van der Waals surface area contributed by atoms with E-state index in [9.17, 15) is 13.6 Å². The third-order valence-electron chi connectivity index (χ3n) is 2.54. The molecule has 20 heavy (non-hydrogen) atoms. The molecule has 2 rings (SSSR count). The molecule has 0 spiro atoms. The lowest BCUT2D eigenvalue weighted by atomic mass is 10.1. The number of carbonyl (C=O) groups is 1. The van der Waals surface area contributed by atoms with Crippen molar-refractivity contribution in [1.29, 1.82) is 0 Å². The summed E-state index contributed by atoms with van der Waals surface area (Å²) in [5.74, 6) is -2.13. The van der Waals surface area contributed by atoms with E-state index < -0.39 is 17.6 Å². The number of halogens is 2. The van der Waals surface area contributed by atoms with Gasteiger partial charge in [-0.25, -0.2) is 23.2 Å². The minimum Gasteiger partial charge on any atom is -0.478 e. The zero-order valence-electron chi connectivity index (χ0n) is 10.8. The number of rotatable bonds is 3. The first-order valence-electron chi connectivity index (χ1n) is 5.69. The van der Waals surface area contributed by atoms with Crippen LogP contribution in [-0.4, -0.2) is 25.8 Å². The van der Waals surface area contributed by atoms with Crippen LogP contribution in [0.5, 0.6) is 0 Å². The smallest absolute Gasteiger partial charge is 0.328 e. The molecule has 0 saturated heterocycles. The van der Waals surface area contributed by atoms with Gasteiger partial charge in [-0.2, -0.15) is 5.10 Å². The average molecular weight is 279 g/mol. The van der Waals surface area contributed by atoms with Crippen molar-refractivity contribution in [3.05, 3.63) is 47.1 Å². The fraction of sp³-hybridized carbons (Fsp3) is 0.154. The van der Waals surface area contributed by atoms with Crippen LogP contribution in [-0.2, 0) is 4.79 Å². The van der Waals surface area contributed by atoms with Crippen molar-refractivity contribution in [2.75, 3.05) is 0 Å². The summed E-state index contributed by atoms with van der Waals surface area (Å²) >= 11 is 0. The monoisotopic (exact) mass is 279 g/mol. The van der Waals surface area contributed by atoms with E-state index in [1.165, 1.54) is 0 Å². The Balaban J connectivity index is 2.52. The molecule has 1 aromatic heterocycles. The lowest BCUT2D eigenvalue weighted by Gasteiger charge is -2.07. The number of aromatic nitrogens is 3. The highest BCUT2D eigenvalue weighted by molar-refractivity contribution is 5.85. The molecular weight excluding hydrogens is 268 g/mol. The standard InChI is InChI=1S/C13H11F2N3O2/c1-7-16-8(2)18(17-7)13-10(14)5-9(6-11(13)15)3-4-12(19)20/h3-6H,1-2H3,(H,19,20). The molecule has 0 amide bonds. The zero-order chi connectivity index (χ0) is 14.9. The minimum atomic E-state index is -1.20. The summed E-state index contributed by atoms with van der Waals surface area (Å²) in [6.45, 7) is 3.19. The molecular formula is C13H11F2N3O2. The molecule has 0 aliphatic carbocycles. The van der Waals surface area contributed by atoms with Crippen LogP contribution < -0.4 is 0 Å². The summed E-state index contributed by atoms with van der Waals surface area (Å²) in [7, 11) is 0. The van der Waals surface area contributed by atoms with Gasteiger partial charge in [0.25, 0.3) is 0 Å². The Bertz CT molecular complexity index is 685. The lowest BCUT2D eigenvalue weighted by Crippen LogP contribution is -2.06. The van der Waals surface area contributed by atoms with Crippen molar-refractivity contribution < 1.29 is 18.7 Å². The molecule has 0 bridgehead atoms. The normalized spacial score (nSPS) is 11.2. The first kappa shape index (κ1) is 13.9. The predicted octanol–water partition coefficient (Wildman–Crippen LogP) is 2.26. The zero-order valence-corrected chi connectivity index (χ0v) is 10.8. The number of aryl methyl sites for hydroxylation is 2. The Morgan fingerprint density at radius 3 is 2.35 bits per heavy atom. The Morgan fingerprint density at radius 1 is 1.30 bits per heavy atom. The number of carboxylic acid groups (broad SMARTS) is 1. The minimum absolute atomic E-state index is 0.112. The van der Waals surface area contributed by atoms with Crippen LogP contribution >= 0.6 is 0 Å². The van der Waals surface area contributed by atoms with E-state index in [4.69, 9.17) is 5.11 Å². The topological polar surface area (TPSA) is 68.0 Å². The van der Waals surface area contributed by atoms with Gasteiger partial charge in [-0.05, 0) is 37.6 Å². The molecule has 0 saturated carbocycles. The van der Waals surface area contributed by atoms with Crippen LogP contribution in [0.3, 0.4) is 0 Å². The largest absolute Gasteiger partial charge is 0.478 e. The Morgan fingerprint density at radius 2 is 1.90 bits per heavy atom. The van der Waals surface area contributed by atoms with Gasteiger partial charge in [-0.1, -0.05) is 0 Å². The molecule has 1 heterocycles. The summed E-state index contributed by atoms with van der Waals surface area (Å²) in [6.07, 6.45) is 1.91. The fourth-order valence-corrected chi connectivity index (χ4v) is 1.78. The van der Waals surface area contributed by atoms with Crippen LogP contribution in [0.2, 0.25) is 0 Å². The fourth-order valence-electron chi connectivity index (χ4n) is 1.78. The second-order valence-corrected chi connectivity index (χ2v) is 4.12. The van der Waals surface area contributed by atoms with Gasteiger partial charge in [0.15, 0.2) is 11.6 Å². The Labute approximate surface area is 113 Å². The van der Waals surface area contributed by atoms with E-state index in [1.807, 2.05) is 0 Å². The maximum Gasteiger partial charge on any atom is 0.328 e. The number of nitrogens with zero attached hydrogens (tertiary/aromatic N) is 3. The van der Waals surface area contributed by atoms with Gasteiger partial charge < -0.3 is 5.11 Å². The highest BCUT2D eigenvalue weighted by Crippen LogP contribution is 2.21. The first-order chi connectivity index (χ1) is 9.38. The number of hydrogen-bond acceptors (Lipinski definition) is 3. The third kappa shape index (κ3) is 2.71. The molecule has 0 aliphatic rings. The quantitative estimate of drug-likeness (QED) is 0.875. The van der Waals surface area contributed by atoms with E-state index in [-0.39, 0.29) is 11.3 Å². The van der Waals surface area contributed by atoms with E-state index in [1.54, 1.807) is 13.8 Å². The molecule has 2 aromatic rings. The second-order valence-electron chi connectivity index (χ2n) is 4.12. The first-order valence-corrected chi connectivity index (χ1v) is 5.69. The molecule has 1 N–H and O–H groups in total. The van der Waals surface area contributed by atoms with Crippen LogP contribution in [0.1, 0.15) is 17.2 Å². The molecule has 0 atom stereocenters. The predicted molar refractivity (Wildman–Crippen MR) is 67.4 cm³/mol. The molecule has 0 aliphatic heterocycles. The summed E-state index contributed by atoms with van der Waals surface area (Å²) in [5.41, 5.74) is -0.226. The molecule has 0 fully saturated rings. The highest BCUT2D eigenvalue weighted by Gasteiger charge is 2.16. The summed E-state index contributed by atoms with van der Waals surface area (Å²) < 4.78 is 29.1. The van der Waals surface area contributed by atoms with Crippen molar-refractivity contribution in [2.45, 2.75) is 13.8 Å². The summed E-state index contributed by atoms with van der Waals surface area (Å²) in [6, 6.07) is 2.07. The number of aliphatic carboxylic acids is 1. The molecule has 1 aromatic carbocycles. The van der Waals surface area contributed by atoms with Crippen LogP contribution in [0.4, 0.5) is 8.78 Å². The SMILES string of the molecule is Cc1nc(C)n(-c2c(F)cc(C=CC(=O)O)cc2F)n1. The van der Waals surface area contributed by atoms with Gasteiger partial charge in [-0.15, -0.1) is 0 Å². The second kappa shape index (κ2) is 5.20. The van der Waals surface area contributed by atoms with E-state index in [0.29, 0.717) is 11.6 Å². The molecule has 104 valence electrons. The van der Waals surface area contributed by atoms with Crippen molar-refractivity contribution >= 4 is 12.0 Å². The van der Waals surface area contributed by atoms with Crippen molar-refractivity contribution in [3.63, 3.8) is 0 Å². The van der Waals surface area contributed by atoms with Gasteiger partial charge in [-0.3, -0.25) is 0 Å². The third-order valence-corrected chi connectivity index (χ3v) is 2.54. The number of hydrogen-bond donors (Lipinski definition) is 1. The molecule has 0 radical (unpaired) electrons. The lowest BCUT2D eigenvalue weighted by molar-refractivity contribution is -0.131. The maximum atomic E-state index is 14.0. The maximum absolute atomic E-state index is 14.0. The summed E-state index contributed by atoms with van der Waals surface area (Å²) in [4.78, 5) is 14.4. The van der Waals surface area contributed by atoms with E-state index >= 15 is 0 Å². The van der Waals surface area contributed by atoms with Crippen LogP contribution in [0.25, 0.3) is 11.8 Å². The number of benzene rings is 1. The van der Waals surface area contributed by atoms with Crippen molar-refractivity contribution in [1.82, 2.24) is 14.8 Å². The van der Waals surface area contributed by atoms with E-state index in [0.717, 1.165) is 29.0 Å². The average Bonchev–Trinajstić information content (AvgIpc) is 2.65. The Hall–Kier alpha value is -2.57. The Kier molecular flexibility index (Phi) is 3.60. The molecule has 0 unspecified atom stereocenters. The van der Waals surface area contributed by atoms with E-state index in [2.05, 4.69) is 10.1 Å². The summed E-state index contributed by atoms with van der Waals surface area (Å²) in [5, 5.41) is 12.4. The van der Waals surface area contributed by atoms with Crippen LogP contribution in [0.15, 0.2) is 18.2 Å². The molecule has 5 nitrogen and oxygen atoms in total. The van der Waals surface area contributed by atoms with Gasteiger partial charge >= 0.3 is 5.97 Å². The van der Waals surface area contributed by atoms with Crippen molar-refractivity contribution in [2.24, 2.45) is 0 Å².